The predicted octanol–water partition coefficient (Wildman–Crippen LogP) is 2.85. The zero-order valence-electron chi connectivity index (χ0n) is 10.6. The lowest BCUT2D eigenvalue weighted by Gasteiger charge is -2.22. The number of carbonyl (C=O) groups excluding carboxylic acids is 1. The van der Waals surface area contributed by atoms with Crippen molar-refractivity contribution in [2.75, 3.05) is 13.1 Å². The summed E-state index contributed by atoms with van der Waals surface area (Å²) in [4.78, 5) is 13.5. The third-order valence-electron chi connectivity index (χ3n) is 2.63. The van der Waals surface area contributed by atoms with E-state index in [1.807, 2.05) is 24.3 Å². The first-order chi connectivity index (χ1) is 8.19. The Hall–Kier alpha value is -0.770. The van der Waals surface area contributed by atoms with Crippen LogP contribution in [0.15, 0.2) is 24.3 Å². The van der Waals surface area contributed by atoms with E-state index in [1.165, 1.54) is 0 Å². The van der Waals surface area contributed by atoms with Crippen LogP contribution in [0.1, 0.15) is 25.3 Å². The van der Waals surface area contributed by atoms with Gasteiger partial charge in [0.1, 0.15) is 0 Å². The van der Waals surface area contributed by atoms with Crippen LogP contribution < -0.4 is 5.73 Å². The molecule has 0 bridgehead atoms. The van der Waals surface area contributed by atoms with E-state index in [1.54, 1.807) is 4.90 Å². The molecule has 0 atom stereocenters. The lowest BCUT2D eigenvalue weighted by molar-refractivity contribution is -0.130. The van der Waals surface area contributed by atoms with Crippen molar-refractivity contribution < 1.29 is 4.79 Å². The summed E-state index contributed by atoms with van der Waals surface area (Å²) in [7, 11) is 0. The fourth-order valence-electron chi connectivity index (χ4n) is 1.60. The molecule has 18 heavy (non-hydrogen) atoms. The van der Waals surface area contributed by atoms with E-state index in [0.717, 1.165) is 24.9 Å². The molecule has 0 saturated carbocycles. The second kappa shape index (κ2) is 9.20. The van der Waals surface area contributed by atoms with Crippen LogP contribution in [-0.2, 0) is 11.3 Å². The first kappa shape index (κ1) is 17.2. The standard InChI is InChI=1S/C13H19ClN2O.ClH/c1-2-3-8-16(13(17)9-15)10-11-6-4-5-7-12(11)14;/h4-7H,2-3,8-10,15H2,1H3;1H. The highest BCUT2D eigenvalue weighted by molar-refractivity contribution is 6.31. The Balaban J connectivity index is 0.00000289. The Labute approximate surface area is 120 Å². The van der Waals surface area contributed by atoms with Crippen molar-refractivity contribution in [1.29, 1.82) is 0 Å². The number of amides is 1. The van der Waals surface area contributed by atoms with E-state index in [2.05, 4.69) is 6.92 Å². The lowest BCUT2D eigenvalue weighted by Crippen LogP contribution is -2.36. The summed E-state index contributed by atoms with van der Waals surface area (Å²) in [6.07, 6.45) is 2.03. The molecule has 1 aromatic rings. The quantitative estimate of drug-likeness (QED) is 0.876. The fourth-order valence-corrected chi connectivity index (χ4v) is 1.80. The number of rotatable bonds is 6. The van der Waals surface area contributed by atoms with Crippen LogP contribution in [0.2, 0.25) is 5.02 Å². The predicted molar refractivity (Wildman–Crippen MR) is 78.1 cm³/mol. The number of unbranched alkanes of at least 4 members (excludes halogenated alkanes) is 1. The molecule has 0 aliphatic heterocycles. The average molecular weight is 291 g/mol. The van der Waals surface area contributed by atoms with E-state index in [9.17, 15) is 4.79 Å². The first-order valence-electron chi connectivity index (χ1n) is 5.90. The Bertz CT molecular complexity index is 372. The van der Waals surface area contributed by atoms with E-state index in [4.69, 9.17) is 17.3 Å². The Morgan fingerprint density at radius 2 is 2.06 bits per heavy atom. The fraction of sp³-hybridized carbons (Fsp3) is 0.462. The van der Waals surface area contributed by atoms with Crippen LogP contribution in [0.3, 0.4) is 0 Å². The van der Waals surface area contributed by atoms with E-state index in [0.29, 0.717) is 11.6 Å². The molecule has 102 valence electrons. The van der Waals surface area contributed by atoms with Crippen molar-refractivity contribution >= 4 is 29.9 Å². The van der Waals surface area contributed by atoms with Crippen molar-refractivity contribution in [2.45, 2.75) is 26.3 Å². The molecule has 0 radical (unpaired) electrons. The average Bonchev–Trinajstić information content (AvgIpc) is 2.35. The zero-order valence-corrected chi connectivity index (χ0v) is 12.1. The third-order valence-corrected chi connectivity index (χ3v) is 3.00. The monoisotopic (exact) mass is 290 g/mol. The molecule has 0 aliphatic carbocycles. The minimum Gasteiger partial charge on any atom is -0.337 e. The van der Waals surface area contributed by atoms with Gasteiger partial charge in [-0.1, -0.05) is 43.1 Å². The highest BCUT2D eigenvalue weighted by Crippen LogP contribution is 2.17. The molecular formula is C13H20Cl2N2O. The van der Waals surface area contributed by atoms with Gasteiger partial charge in [-0.05, 0) is 18.1 Å². The second-order valence-corrected chi connectivity index (χ2v) is 4.37. The molecule has 0 spiro atoms. The zero-order chi connectivity index (χ0) is 12.7. The second-order valence-electron chi connectivity index (χ2n) is 3.96. The van der Waals surface area contributed by atoms with Crippen molar-refractivity contribution in [3.63, 3.8) is 0 Å². The van der Waals surface area contributed by atoms with Gasteiger partial charge >= 0.3 is 0 Å². The number of halogens is 2. The molecule has 3 nitrogen and oxygen atoms in total. The Kier molecular flexibility index (Phi) is 8.81. The molecular weight excluding hydrogens is 271 g/mol. The summed E-state index contributed by atoms with van der Waals surface area (Å²) in [5, 5.41) is 0.693. The molecule has 0 heterocycles. The van der Waals surface area contributed by atoms with E-state index < -0.39 is 0 Å². The Morgan fingerprint density at radius 3 is 2.61 bits per heavy atom. The molecule has 1 rings (SSSR count). The Morgan fingerprint density at radius 1 is 1.39 bits per heavy atom. The lowest BCUT2D eigenvalue weighted by atomic mass is 10.2. The van der Waals surface area contributed by atoms with Gasteiger partial charge in [-0.25, -0.2) is 0 Å². The van der Waals surface area contributed by atoms with Gasteiger partial charge in [0.2, 0.25) is 5.91 Å². The maximum Gasteiger partial charge on any atom is 0.236 e. The largest absolute Gasteiger partial charge is 0.337 e. The van der Waals surface area contributed by atoms with Crippen LogP contribution in [0.4, 0.5) is 0 Å². The highest BCUT2D eigenvalue weighted by atomic mass is 35.5. The molecule has 5 heteroatoms. The number of nitrogens with zero attached hydrogens (tertiary/aromatic N) is 1. The molecule has 1 amide bonds. The van der Waals surface area contributed by atoms with Gasteiger partial charge in [-0.2, -0.15) is 0 Å². The molecule has 0 unspecified atom stereocenters. The number of carbonyl (C=O) groups is 1. The SMILES string of the molecule is CCCCN(Cc1ccccc1Cl)C(=O)CN.Cl. The van der Waals surface area contributed by atoms with Crippen molar-refractivity contribution in [2.24, 2.45) is 5.73 Å². The molecule has 1 aromatic carbocycles. The van der Waals surface area contributed by atoms with Gasteiger partial charge in [-0.15, -0.1) is 12.4 Å². The maximum atomic E-state index is 11.7. The minimum atomic E-state index is -0.0293. The molecule has 0 saturated heterocycles. The van der Waals surface area contributed by atoms with Crippen LogP contribution in [0.5, 0.6) is 0 Å². The van der Waals surface area contributed by atoms with E-state index in [-0.39, 0.29) is 24.9 Å². The topological polar surface area (TPSA) is 46.3 Å². The highest BCUT2D eigenvalue weighted by Gasteiger charge is 2.12. The van der Waals surface area contributed by atoms with Crippen molar-refractivity contribution in [3.05, 3.63) is 34.9 Å². The van der Waals surface area contributed by atoms with Crippen molar-refractivity contribution in [1.82, 2.24) is 4.90 Å². The van der Waals surface area contributed by atoms with Gasteiger partial charge in [-0.3, -0.25) is 4.79 Å². The van der Waals surface area contributed by atoms with Gasteiger partial charge < -0.3 is 10.6 Å². The van der Waals surface area contributed by atoms with Gasteiger partial charge in [0.15, 0.2) is 0 Å². The normalized spacial score (nSPS) is 9.72. The molecule has 0 fully saturated rings. The van der Waals surface area contributed by atoms with Crippen LogP contribution in [0, 0.1) is 0 Å². The first-order valence-corrected chi connectivity index (χ1v) is 6.28. The molecule has 0 aliphatic rings. The minimum absolute atomic E-state index is 0. The van der Waals surface area contributed by atoms with Gasteiger partial charge in [0.05, 0.1) is 6.54 Å². The van der Waals surface area contributed by atoms with Crippen LogP contribution in [0.25, 0.3) is 0 Å². The molecule has 0 aromatic heterocycles. The number of nitrogens with two attached hydrogens (primary N) is 1. The summed E-state index contributed by atoms with van der Waals surface area (Å²) >= 11 is 6.08. The number of hydrogen-bond acceptors (Lipinski definition) is 2. The van der Waals surface area contributed by atoms with Crippen LogP contribution >= 0.6 is 24.0 Å². The summed E-state index contributed by atoms with van der Waals surface area (Å²) in [6, 6.07) is 7.58. The smallest absolute Gasteiger partial charge is 0.236 e. The maximum absolute atomic E-state index is 11.7. The summed E-state index contributed by atoms with van der Waals surface area (Å²) in [6.45, 7) is 3.42. The third kappa shape index (κ3) is 5.25. The van der Waals surface area contributed by atoms with E-state index >= 15 is 0 Å². The van der Waals surface area contributed by atoms with Crippen molar-refractivity contribution in [3.8, 4) is 0 Å². The number of benzene rings is 1. The van der Waals surface area contributed by atoms with Crippen LogP contribution in [-0.4, -0.2) is 23.9 Å². The number of hydrogen-bond donors (Lipinski definition) is 1. The molecule has 2 N–H and O–H groups in total. The summed E-state index contributed by atoms with van der Waals surface area (Å²) in [5.74, 6) is -0.0293. The summed E-state index contributed by atoms with van der Waals surface area (Å²) in [5.41, 5.74) is 6.38. The summed E-state index contributed by atoms with van der Waals surface area (Å²) < 4.78 is 0. The van der Waals surface area contributed by atoms with Gasteiger partial charge in [0, 0.05) is 18.1 Å². The van der Waals surface area contributed by atoms with Gasteiger partial charge in [0.25, 0.3) is 0 Å².